The molecule has 5 heteroatoms. The maximum absolute atomic E-state index is 6.23. The fraction of sp³-hybridized carbons (Fsp3) is 0.333. The summed E-state index contributed by atoms with van der Waals surface area (Å²) in [4.78, 5) is 1.33. The molecule has 1 aliphatic rings. The molecule has 0 aliphatic carbocycles. The Hall–Kier alpha value is -1.23. The van der Waals surface area contributed by atoms with Crippen molar-refractivity contribution in [3.63, 3.8) is 0 Å². The number of nitrogens with one attached hydrogen (secondary N) is 1. The molecule has 0 saturated carbocycles. The number of ether oxygens (including phenoxy) is 2. The fourth-order valence-electron chi connectivity index (χ4n) is 2.18. The lowest BCUT2D eigenvalue weighted by atomic mass is 10.1. The maximum Gasteiger partial charge on any atom is 0.179 e. The molecule has 1 N–H and O–H groups in total. The highest BCUT2D eigenvalue weighted by molar-refractivity contribution is 7.10. The Morgan fingerprint density at radius 2 is 2.20 bits per heavy atom. The van der Waals surface area contributed by atoms with Gasteiger partial charge >= 0.3 is 0 Å². The van der Waals surface area contributed by atoms with Gasteiger partial charge in [-0.25, -0.2) is 0 Å². The van der Waals surface area contributed by atoms with Gasteiger partial charge in [0.15, 0.2) is 11.5 Å². The largest absolute Gasteiger partial charge is 0.486 e. The van der Waals surface area contributed by atoms with Crippen molar-refractivity contribution in [3.05, 3.63) is 45.1 Å². The van der Waals surface area contributed by atoms with Crippen molar-refractivity contribution < 1.29 is 9.47 Å². The molecule has 0 unspecified atom stereocenters. The maximum atomic E-state index is 6.23. The van der Waals surface area contributed by atoms with E-state index in [4.69, 9.17) is 21.1 Å². The van der Waals surface area contributed by atoms with Crippen LogP contribution in [0, 0.1) is 0 Å². The summed E-state index contributed by atoms with van der Waals surface area (Å²) in [6.45, 7) is 4.03. The van der Waals surface area contributed by atoms with Crippen molar-refractivity contribution in [2.24, 2.45) is 0 Å². The van der Waals surface area contributed by atoms with Gasteiger partial charge in [0, 0.05) is 17.5 Å². The van der Waals surface area contributed by atoms with Crippen molar-refractivity contribution in [2.75, 3.05) is 13.2 Å². The summed E-state index contributed by atoms with van der Waals surface area (Å²) in [5.41, 5.74) is 1.10. The lowest BCUT2D eigenvalue weighted by Gasteiger charge is -2.21. The van der Waals surface area contributed by atoms with Gasteiger partial charge in [-0.2, -0.15) is 0 Å². The number of rotatable bonds is 4. The first-order valence-corrected chi connectivity index (χ1v) is 7.84. The van der Waals surface area contributed by atoms with Crippen molar-refractivity contribution in [3.8, 4) is 11.5 Å². The first kappa shape index (κ1) is 13.7. The van der Waals surface area contributed by atoms with Gasteiger partial charge in [-0.3, -0.25) is 0 Å². The van der Waals surface area contributed by atoms with Crippen LogP contribution in [-0.2, 0) is 6.54 Å². The molecule has 0 spiro atoms. The van der Waals surface area contributed by atoms with Crippen LogP contribution in [0.2, 0.25) is 5.02 Å². The van der Waals surface area contributed by atoms with Crippen LogP contribution < -0.4 is 14.8 Å². The summed E-state index contributed by atoms with van der Waals surface area (Å²) in [6.07, 6.45) is 0. The quantitative estimate of drug-likeness (QED) is 0.925. The summed E-state index contributed by atoms with van der Waals surface area (Å²) < 4.78 is 11.1. The molecule has 20 heavy (non-hydrogen) atoms. The number of hydrogen-bond donors (Lipinski definition) is 1. The highest BCUT2D eigenvalue weighted by atomic mass is 35.5. The molecule has 0 amide bonds. The third kappa shape index (κ3) is 2.92. The zero-order chi connectivity index (χ0) is 13.9. The van der Waals surface area contributed by atoms with E-state index < -0.39 is 0 Å². The molecule has 1 aromatic carbocycles. The Bertz CT molecular complexity index is 586. The fourth-order valence-corrected chi connectivity index (χ4v) is 3.22. The molecule has 0 fully saturated rings. The van der Waals surface area contributed by atoms with Gasteiger partial charge in [0.1, 0.15) is 13.2 Å². The van der Waals surface area contributed by atoms with Crippen LogP contribution in [-0.4, -0.2) is 13.2 Å². The summed E-state index contributed by atoms with van der Waals surface area (Å²) >= 11 is 7.99. The molecule has 106 valence electrons. The summed E-state index contributed by atoms with van der Waals surface area (Å²) in [6, 6.07) is 8.46. The predicted molar refractivity (Wildman–Crippen MR) is 82.0 cm³/mol. The monoisotopic (exact) mass is 309 g/mol. The predicted octanol–water partition coefficient (Wildman–Crippen LogP) is 4.02. The van der Waals surface area contributed by atoms with Crippen LogP contribution in [0.25, 0.3) is 0 Å². The van der Waals surface area contributed by atoms with Crippen LogP contribution in [0.4, 0.5) is 0 Å². The molecule has 3 rings (SSSR count). The molecule has 0 bridgehead atoms. The van der Waals surface area contributed by atoms with Gasteiger partial charge in [0.25, 0.3) is 0 Å². The van der Waals surface area contributed by atoms with Crippen LogP contribution >= 0.6 is 22.9 Å². The minimum atomic E-state index is 0.321. The van der Waals surface area contributed by atoms with E-state index in [2.05, 4.69) is 29.8 Å². The Kier molecular flexibility index (Phi) is 4.15. The highest BCUT2D eigenvalue weighted by Crippen LogP contribution is 2.38. The third-order valence-electron chi connectivity index (χ3n) is 3.24. The van der Waals surface area contributed by atoms with Crippen LogP contribution in [0.1, 0.15) is 23.4 Å². The second kappa shape index (κ2) is 6.04. The van der Waals surface area contributed by atoms with Crippen molar-refractivity contribution >= 4 is 22.9 Å². The topological polar surface area (TPSA) is 30.5 Å². The van der Waals surface area contributed by atoms with E-state index in [1.807, 2.05) is 12.1 Å². The van der Waals surface area contributed by atoms with E-state index in [0.717, 1.165) is 17.9 Å². The normalized spacial score (nSPS) is 15.1. The van der Waals surface area contributed by atoms with E-state index >= 15 is 0 Å². The number of thiophene rings is 1. The molecule has 0 saturated heterocycles. The van der Waals surface area contributed by atoms with Gasteiger partial charge in [0.05, 0.1) is 5.02 Å². The average molecular weight is 310 g/mol. The first-order chi connectivity index (χ1) is 9.74. The van der Waals surface area contributed by atoms with Gasteiger partial charge in [-0.15, -0.1) is 11.3 Å². The van der Waals surface area contributed by atoms with Crippen LogP contribution in [0.15, 0.2) is 29.6 Å². The SMILES string of the molecule is C[C@H](NCc1cc(Cl)c2c(c1)OCCO2)c1cccs1. The molecule has 0 radical (unpaired) electrons. The minimum Gasteiger partial charge on any atom is -0.486 e. The van der Waals surface area contributed by atoms with E-state index in [1.165, 1.54) is 4.88 Å². The number of benzene rings is 1. The van der Waals surface area contributed by atoms with Crippen LogP contribution in [0.3, 0.4) is 0 Å². The molecule has 2 heterocycles. The zero-order valence-corrected chi connectivity index (χ0v) is 12.8. The van der Waals surface area contributed by atoms with Gasteiger partial charge in [-0.05, 0) is 36.1 Å². The Labute approximate surface area is 127 Å². The van der Waals surface area contributed by atoms with E-state index in [1.54, 1.807) is 11.3 Å². The summed E-state index contributed by atoms with van der Waals surface area (Å²) in [5, 5.41) is 6.20. The van der Waals surface area contributed by atoms with E-state index in [-0.39, 0.29) is 0 Å². The Morgan fingerprint density at radius 1 is 1.35 bits per heavy atom. The second-order valence-electron chi connectivity index (χ2n) is 4.72. The van der Waals surface area contributed by atoms with Crippen LogP contribution in [0.5, 0.6) is 11.5 Å². The van der Waals surface area contributed by atoms with Gasteiger partial charge < -0.3 is 14.8 Å². The standard InChI is InChI=1S/C15H16ClNO2S/c1-10(14-3-2-6-20-14)17-9-11-7-12(16)15-13(8-11)18-4-5-19-15/h2-3,6-8,10,17H,4-5,9H2,1H3/t10-/m0/s1. The summed E-state index contributed by atoms with van der Waals surface area (Å²) in [7, 11) is 0. The van der Waals surface area contributed by atoms with E-state index in [0.29, 0.717) is 30.0 Å². The molecule has 1 atom stereocenters. The minimum absolute atomic E-state index is 0.321. The van der Waals surface area contributed by atoms with Gasteiger partial charge in [0.2, 0.25) is 0 Å². The smallest absolute Gasteiger partial charge is 0.179 e. The molecule has 2 aromatic rings. The summed E-state index contributed by atoms with van der Waals surface area (Å²) in [5.74, 6) is 1.40. The van der Waals surface area contributed by atoms with Crippen molar-refractivity contribution in [2.45, 2.75) is 19.5 Å². The number of hydrogen-bond acceptors (Lipinski definition) is 4. The van der Waals surface area contributed by atoms with Crippen molar-refractivity contribution in [1.82, 2.24) is 5.32 Å². The van der Waals surface area contributed by atoms with Gasteiger partial charge in [-0.1, -0.05) is 17.7 Å². The first-order valence-electron chi connectivity index (χ1n) is 6.59. The Morgan fingerprint density at radius 3 is 3.00 bits per heavy atom. The van der Waals surface area contributed by atoms with Crippen molar-refractivity contribution in [1.29, 1.82) is 0 Å². The molecular weight excluding hydrogens is 294 g/mol. The number of halogens is 1. The average Bonchev–Trinajstić information content (AvgIpc) is 2.99. The molecule has 1 aliphatic heterocycles. The molecular formula is C15H16ClNO2S. The van der Waals surface area contributed by atoms with E-state index in [9.17, 15) is 0 Å². The highest BCUT2D eigenvalue weighted by Gasteiger charge is 2.16. The zero-order valence-electron chi connectivity index (χ0n) is 11.2. The molecule has 3 nitrogen and oxygen atoms in total. The third-order valence-corrected chi connectivity index (χ3v) is 4.57. The molecule has 1 aromatic heterocycles. The lowest BCUT2D eigenvalue weighted by Crippen LogP contribution is -2.19. The lowest BCUT2D eigenvalue weighted by molar-refractivity contribution is 0.171. The Balaban J connectivity index is 1.70. The number of fused-ring (bicyclic) bond motifs is 1. The second-order valence-corrected chi connectivity index (χ2v) is 6.11.